The largest absolute Gasteiger partial charge is 0.497 e. The molecule has 0 amide bonds. The fourth-order valence-corrected chi connectivity index (χ4v) is 1.95. The van der Waals surface area contributed by atoms with Crippen LogP contribution in [0.25, 0.3) is 0 Å². The summed E-state index contributed by atoms with van der Waals surface area (Å²) in [6, 6.07) is 6.29. The lowest BCUT2D eigenvalue weighted by Crippen LogP contribution is -2.22. The van der Waals surface area contributed by atoms with Crippen LogP contribution in [-0.4, -0.2) is 29.2 Å². The zero-order valence-corrected chi connectivity index (χ0v) is 11.7. The molecular formula is C14H15N3O4. The van der Waals surface area contributed by atoms with Gasteiger partial charge in [0.15, 0.2) is 6.04 Å². The van der Waals surface area contributed by atoms with E-state index in [4.69, 9.17) is 9.47 Å². The summed E-state index contributed by atoms with van der Waals surface area (Å²) >= 11 is 0. The monoisotopic (exact) mass is 289 g/mol. The van der Waals surface area contributed by atoms with Gasteiger partial charge in [-0.15, -0.1) is 4.91 Å². The normalized spacial score (nSPS) is 11.7. The second-order valence-corrected chi connectivity index (χ2v) is 4.20. The summed E-state index contributed by atoms with van der Waals surface area (Å²) in [6.07, 6.45) is 2.78. The van der Waals surface area contributed by atoms with Gasteiger partial charge in [0, 0.05) is 0 Å². The average molecular weight is 289 g/mol. The smallest absolute Gasteiger partial charge is 0.333 e. The molecule has 0 aliphatic rings. The Morgan fingerprint density at radius 1 is 1.38 bits per heavy atom. The Hall–Kier alpha value is -2.70. The van der Waals surface area contributed by atoms with E-state index in [0.717, 1.165) is 0 Å². The van der Waals surface area contributed by atoms with E-state index >= 15 is 0 Å². The molecule has 2 aromatic rings. The second kappa shape index (κ2) is 6.65. The Kier molecular flexibility index (Phi) is 4.65. The third-order valence-electron chi connectivity index (χ3n) is 2.92. The third kappa shape index (κ3) is 3.25. The quantitative estimate of drug-likeness (QED) is 0.602. The fourth-order valence-electron chi connectivity index (χ4n) is 1.95. The van der Waals surface area contributed by atoms with Crippen molar-refractivity contribution < 1.29 is 14.3 Å². The Morgan fingerprint density at radius 3 is 2.62 bits per heavy atom. The van der Waals surface area contributed by atoms with Crippen LogP contribution in [0, 0.1) is 4.91 Å². The Morgan fingerprint density at radius 2 is 2.10 bits per heavy atom. The molecule has 2 rings (SSSR count). The maximum absolute atomic E-state index is 12.2. The molecule has 1 aromatic heterocycles. The van der Waals surface area contributed by atoms with Gasteiger partial charge in [0.05, 0.1) is 26.2 Å². The molecule has 1 heterocycles. The van der Waals surface area contributed by atoms with Crippen molar-refractivity contribution in [1.29, 1.82) is 0 Å². The molecule has 1 atom stereocenters. The van der Waals surface area contributed by atoms with Gasteiger partial charge in [-0.1, -0.05) is 12.1 Å². The van der Waals surface area contributed by atoms with Gasteiger partial charge < -0.3 is 14.0 Å². The first kappa shape index (κ1) is 14.7. The SMILES string of the molecule is CCOC(=O)C(c1ccc(OC)cc1)n1cnc(N=O)c1. The second-order valence-electron chi connectivity index (χ2n) is 4.20. The third-order valence-corrected chi connectivity index (χ3v) is 2.92. The molecule has 0 radical (unpaired) electrons. The molecule has 0 saturated heterocycles. The predicted molar refractivity (Wildman–Crippen MR) is 75.4 cm³/mol. The van der Waals surface area contributed by atoms with E-state index in [1.807, 2.05) is 0 Å². The number of benzene rings is 1. The lowest BCUT2D eigenvalue weighted by molar-refractivity contribution is -0.145. The van der Waals surface area contributed by atoms with Crippen LogP contribution in [0.5, 0.6) is 5.75 Å². The highest BCUT2D eigenvalue weighted by molar-refractivity contribution is 5.78. The molecule has 110 valence electrons. The van der Waals surface area contributed by atoms with E-state index in [1.165, 1.54) is 17.1 Å². The first-order valence-electron chi connectivity index (χ1n) is 6.37. The number of carbonyl (C=O) groups excluding carboxylic acids is 1. The van der Waals surface area contributed by atoms with Crippen LogP contribution < -0.4 is 4.74 Å². The van der Waals surface area contributed by atoms with E-state index in [2.05, 4.69) is 10.2 Å². The van der Waals surface area contributed by atoms with Gasteiger partial charge in [-0.3, -0.25) is 0 Å². The highest BCUT2D eigenvalue weighted by Crippen LogP contribution is 2.24. The van der Waals surface area contributed by atoms with E-state index in [1.54, 1.807) is 38.3 Å². The number of aromatic nitrogens is 2. The zero-order valence-electron chi connectivity index (χ0n) is 11.7. The van der Waals surface area contributed by atoms with Gasteiger partial charge in [-0.2, -0.15) is 0 Å². The van der Waals surface area contributed by atoms with Crippen molar-refractivity contribution in [3.05, 3.63) is 47.3 Å². The Balaban J connectivity index is 2.39. The van der Waals surface area contributed by atoms with Crippen molar-refractivity contribution >= 4 is 11.8 Å². The summed E-state index contributed by atoms with van der Waals surface area (Å²) < 4.78 is 11.7. The zero-order chi connectivity index (χ0) is 15.2. The summed E-state index contributed by atoms with van der Waals surface area (Å²) in [5, 5.41) is 2.75. The molecule has 21 heavy (non-hydrogen) atoms. The van der Waals surface area contributed by atoms with Crippen molar-refractivity contribution in [3.63, 3.8) is 0 Å². The lowest BCUT2D eigenvalue weighted by atomic mass is 10.1. The molecular weight excluding hydrogens is 274 g/mol. The molecule has 0 saturated carbocycles. The fraction of sp³-hybridized carbons (Fsp3) is 0.286. The summed E-state index contributed by atoms with van der Waals surface area (Å²) in [5.41, 5.74) is 0.698. The van der Waals surface area contributed by atoms with Crippen LogP contribution in [0.4, 0.5) is 5.82 Å². The van der Waals surface area contributed by atoms with Gasteiger partial charge in [-0.25, -0.2) is 9.78 Å². The number of ether oxygens (including phenoxy) is 2. The molecule has 0 bridgehead atoms. The molecule has 7 nitrogen and oxygen atoms in total. The van der Waals surface area contributed by atoms with Crippen molar-refractivity contribution in [2.45, 2.75) is 13.0 Å². The number of nitroso groups, excluding NO2 is 1. The number of methoxy groups -OCH3 is 1. The molecule has 0 fully saturated rings. The van der Waals surface area contributed by atoms with Crippen LogP contribution in [0.1, 0.15) is 18.5 Å². The molecule has 0 aliphatic heterocycles. The molecule has 1 unspecified atom stereocenters. The molecule has 0 aliphatic carbocycles. The minimum Gasteiger partial charge on any atom is -0.497 e. The van der Waals surface area contributed by atoms with Crippen molar-refractivity contribution in [2.75, 3.05) is 13.7 Å². The number of nitrogens with zero attached hydrogens (tertiary/aromatic N) is 3. The minimum atomic E-state index is -0.723. The maximum atomic E-state index is 12.2. The number of rotatable bonds is 6. The molecule has 0 N–H and O–H groups in total. The Labute approximate surface area is 121 Å². The van der Waals surface area contributed by atoms with Crippen LogP contribution in [0.15, 0.2) is 42.0 Å². The van der Waals surface area contributed by atoms with Crippen LogP contribution >= 0.6 is 0 Å². The van der Waals surface area contributed by atoms with Gasteiger partial charge in [0.25, 0.3) is 0 Å². The van der Waals surface area contributed by atoms with Gasteiger partial charge in [0.1, 0.15) is 5.75 Å². The molecule has 0 spiro atoms. The summed E-state index contributed by atoms with van der Waals surface area (Å²) in [6.45, 7) is 1.99. The van der Waals surface area contributed by atoms with Crippen molar-refractivity contribution in [1.82, 2.24) is 9.55 Å². The number of hydrogen-bond donors (Lipinski definition) is 0. The molecule has 1 aromatic carbocycles. The summed E-state index contributed by atoms with van der Waals surface area (Å²) in [7, 11) is 1.57. The first-order valence-corrected chi connectivity index (χ1v) is 6.37. The van der Waals surface area contributed by atoms with E-state index in [-0.39, 0.29) is 12.4 Å². The standard InChI is InChI=1S/C14H15N3O4/c1-3-21-14(18)13(17-8-12(16-19)15-9-17)10-4-6-11(20-2)7-5-10/h4-9,13H,3H2,1-2H3. The van der Waals surface area contributed by atoms with E-state index in [9.17, 15) is 9.70 Å². The number of carbonyl (C=O) groups is 1. The predicted octanol–water partition coefficient (Wildman–Crippen LogP) is 2.44. The Bertz CT molecular complexity index is 621. The minimum absolute atomic E-state index is 0.0119. The maximum Gasteiger partial charge on any atom is 0.333 e. The summed E-state index contributed by atoms with van der Waals surface area (Å²) in [5.74, 6) is 0.262. The average Bonchev–Trinajstić information content (AvgIpc) is 2.97. The topological polar surface area (TPSA) is 82.8 Å². The first-order chi connectivity index (χ1) is 10.2. The van der Waals surface area contributed by atoms with Crippen molar-refractivity contribution in [3.8, 4) is 5.75 Å². The number of hydrogen-bond acceptors (Lipinski definition) is 6. The van der Waals surface area contributed by atoms with Crippen LogP contribution in [-0.2, 0) is 9.53 Å². The van der Waals surface area contributed by atoms with E-state index in [0.29, 0.717) is 11.3 Å². The van der Waals surface area contributed by atoms with Crippen LogP contribution in [0.3, 0.4) is 0 Å². The van der Waals surface area contributed by atoms with Crippen LogP contribution in [0.2, 0.25) is 0 Å². The lowest BCUT2D eigenvalue weighted by Gasteiger charge is -2.17. The van der Waals surface area contributed by atoms with Gasteiger partial charge >= 0.3 is 5.97 Å². The highest BCUT2D eigenvalue weighted by atomic mass is 16.5. The highest BCUT2D eigenvalue weighted by Gasteiger charge is 2.24. The number of esters is 1. The van der Waals surface area contributed by atoms with Crippen molar-refractivity contribution in [2.24, 2.45) is 5.18 Å². The molecule has 7 heteroatoms. The number of imidazole rings is 1. The van der Waals surface area contributed by atoms with E-state index < -0.39 is 12.0 Å². The summed E-state index contributed by atoms with van der Waals surface area (Å²) in [4.78, 5) is 26.5. The van der Waals surface area contributed by atoms with Gasteiger partial charge in [0.2, 0.25) is 5.82 Å². The van der Waals surface area contributed by atoms with Gasteiger partial charge in [-0.05, 0) is 29.8 Å².